The van der Waals surface area contributed by atoms with Gasteiger partial charge in [0.25, 0.3) is 5.91 Å². The maximum Gasteiger partial charge on any atom is 0.255 e. The number of hydrogen-bond acceptors (Lipinski definition) is 5. The van der Waals surface area contributed by atoms with Crippen molar-refractivity contribution in [3.63, 3.8) is 0 Å². The van der Waals surface area contributed by atoms with Gasteiger partial charge in [0.1, 0.15) is 29.1 Å². The van der Waals surface area contributed by atoms with Crippen molar-refractivity contribution < 1.29 is 18.7 Å². The molecule has 3 heterocycles. The zero-order valence-corrected chi connectivity index (χ0v) is 21.4. The molecule has 0 bridgehead atoms. The average Bonchev–Trinajstić information content (AvgIpc) is 3.51. The predicted octanol–water partition coefficient (Wildman–Crippen LogP) is 4.16. The van der Waals surface area contributed by atoms with E-state index >= 15 is 4.39 Å². The van der Waals surface area contributed by atoms with E-state index in [1.54, 1.807) is 30.9 Å². The van der Waals surface area contributed by atoms with E-state index in [9.17, 15) is 9.59 Å². The lowest BCUT2D eigenvalue weighted by Crippen LogP contribution is -2.44. The number of amides is 2. The molecule has 1 aliphatic heterocycles. The maximum absolute atomic E-state index is 15.5. The Morgan fingerprint density at radius 2 is 2.00 bits per heavy atom. The fourth-order valence-corrected chi connectivity index (χ4v) is 4.93. The van der Waals surface area contributed by atoms with Gasteiger partial charge >= 0.3 is 0 Å². The van der Waals surface area contributed by atoms with Crippen LogP contribution in [0.2, 0.25) is 0 Å². The van der Waals surface area contributed by atoms with E-state index in [1.165, 1.54) is 13.3 Å². The van der Waals surface area contributed by atoms with Crippen LogP contribution in [0.5, 0.6) is 5.75 Å². The molecule has 0 radical (unpaired) electrons. The maximum atomic E-state index is 15.5. The highest BCUT2D eigenvalue weighted by Gasteiger charge is 2.41. The van der Waals surface area contributed by atoms with E-state index in [4.69, 9.17) is 4.74 Å². The highest BCUT2D eigenvalue weighted by molar-refractivity contribution is 6.09. The van der Waals surface area contributed by atoms with Crippen LogP contribution in [0.25, 0.3) is 22.3 Å². The molecule has 1 atom stereocenters. The summed E-state index contributed by atoms with van der Waals surface area (Å²) in [6.45, 7) is 10.7. The molecule has 8 nitrogen and oxygen atoms in total. The Bertz CT molecular complexity index is 1360. The number of benzene rings is 1. The Morgan fingerprint density at radius 3 is 2.67 bits per heavy atom. The van der Waals surface area contributed by atoms with E-state index in [0.29, 0.717) is 64.9 Å². The molecule has 1 saturated heterocycles. The van der Waals surface area contributed by atoms with Crippen LogP contribution in [0.4, 0.5) is 4.39 Å². The average molecular weight is 494 g/mol. The number of nitrogens with one attached hydrogen (secondary N) is 2. The number of aromatic nitrogens is 3. The van der Waals surface area contributed by atoms with Crippen LogP contribution in [-0.2, 0) is 4.79 Å². The molecule has 36 heavy (non-hydrogen) atoms. The lowest BCUT2D eigenvalue weighted by atomic mass is 9.87. The summed E-state index contributed by atoms with van der Waals surface area (Å²) < 4.78 is 21.5. The molecule has 2 amide bonds. The first-order chi connectivity index (χ1) is 17.1. The summed E-state index contributed by atoms with van der Waals surface area (Å²) in [7, 11) is 0. The molecule has 5 rings (SSSR count). The van der Waals surface area contributed by atoms with Crippen LogP contribution < -0.4 is 10.1 Å². The third-order valence-electron chi connectivity index (χ3n) is 7.40. The molecule has 2 fully saturated rings. The number of aromatic amines is 1. The van der Waals surface area contributed by atoms with E-state index in [1.807, 2.05) is 13.8 Å². The molecular weight excluding hydrogens is 461 g/mol. The van der Waals surface area contributed by atoms with Crippen molar-refractivity contribution in [2.45, 2.75) is 53.5 Å². The minimum atomic E-state index is -0.404. The second-order valence-electron chi connectivity index (χ2n) is 10.8. The summed E-state index contributed by atoms with van der Waals surface area (Å²) in [5, 5.41) is 3.11. The van der Waals surface area contributed by atoms with Gasteiger partial charge in [0.2, 0.25) is 5.91 Å². The van der Waals surface area contributed by atoms with Gasteiger partial charge in [0, 0.05) is 31.1 Å². The van der Waals surface area contributed by atoms with Crippen molar-refractivity contribution in [2.24, 2.45) is 11.3 Å². The molecule has 2 aliphatic rings. The smallest absolute Gasteiger partial charge is 0.255 e. The largest absolute Gasteiger partial charge is 0.492 e. The van der Waals surface area contributed by atoms with Gasteiger partial charge in [-0.1, -0.05) is 19.9 Å². The van der Waals surface area contributed by atoms with Gasteiger partial charge < -0.3 is 19.9 Å². The van der Waals surface area contributed by atoms with Crippen molar-refractivity contribution in [3.05, 3.63) is 41.1 Å². The minimum Gasteiger partial charge on any atom is -0.492 e. The van der Waals surface area contributed by atoms with E-state index < -0.39 is 5.82 Å². The number of aryl methyl sites for hydroxylation is 2. The Hall–Kier alpha value is -3.49. The Morgan fingerprint density at radius 1 is 1.25 bits per heavy atom. The third kappa shape index (κ3) is 4.31. The van der Waals surface area contributed by atoms with Crippen LogP contribution in [0, 0.1) is 31.0 Å². The standard InChI is InChI=1S/C27H32FN5O3/c1-14-6-9-18(36-11-17-7-8-17)21(22(14)28)24-25-23(29-13-30-24)20(15(2)31-25)26(35)32-19-10-33(16(3)34)12-27(19,4)5/h6,9,13,17,19,31H,7-8,10-12H2,1-5H3,(H,32,35)/t19-/m1/s1. The van der Waals surface area contributed by atoms with E-state index in [0.717, 1.165) is 12.8 Å². The molecule has 0 unspecified atom stereocenters. The molecule has 0 spiro atoms. The number of carbonyl (C=O) groups excluding carboxylic acids is 2. The second kappa shape index (κ2) is 8.87. The van der Waals surface area contributed by atoms with Crippen LogP contribution >= 0.6 is 0 Å². The summed E-state index contributed by atoms with van der Waals surface area (Å²) in [6.07, 6.45) is 3.60. The molecule has 2 aromatic heterocycles. The van der Waals surface area contributed by atoms with Crippen molar-refractivity contribution in [2.75, 3.05) is 19.7 Å². The van der Waals surface area contributed by atoms with E-state index in [2.05, 4.69) is 20.3 Å². The lowest BCUT2D eigenvalue weighted by molar-refractivity contribution is -0.128. The topological polar surface area (TPSA) is 100 Å². The fraction of sp³-hybridized carbons (Fsp3) is 0.481. The summed E-state index contributed by atoms with van der Waals surface area (Å²) in [5.74, 6) is 0.232. The van der Waals surface area contributed by atoms with Gasteiger partial charge in [-0.2, -0.15) is 0 Å². The van der Waals surface area contributed by atoms with Crippen molar-refractivity contribution in [1.82, 2.24) is 25.2 Å². The van der Waals surface area contributed by atoms with Gasteiger partial charge in [0.15, 0.2) is 0 Å². The molecule has 3 aromatic rings. The number of ether oxygens (including phenoxy) is 1. The second-order valence-corrected chi connectivity index (χ2v) is 10.8. The molecule has 1 aliphatic carbocycles. The third-order valence-corrected chi connectivity index (χ3v) is 7.40. The quantitative estimate of drug-likeness (QED) is 0.537. The molecule has 190 valence electrons. The highest BCUT2D eigenvalue weighted by Crippen LogP contribution is 2.39. The van der Waals surface area contributed by atoms with Crippen LogP contribution in [0.15, 0.2) is 18.5 Å². The Balaban J connectivity index is 1.52. The summed E-state index contributed by atoms with van der Waals surface area (Å²) in [4.78, 5) is 39.2. The summed E-state index contributed by atoms with van der Waals surface area (Å²) in [6, 6.07) is 3.26. The Kier molecular flexibility index (Phi) is 5.97. The number of nitrogens with zero attached hydrogens (tertiary/aromatic N) is 3. The molecule has 1 aromatic carbocycles. The number of H-pyrrole nitrogens is 1. The molecule has 1 saturated carbocycles. The number of likely N-dealkylation sites (tertiary alicyclic amines) is 1. The minimum absolute atomic E-state index is 0.0135. The molecular formula is C27H32FN5O3. The molecule has 9 heteroatoms. The number of fused-ring (bicyclic) bond motifs is 1. The molecule has 2 N–H and O–H groups in total. The zero-order valence-electron chi connectivity index (χ0n) is 21.4. The van der Waals surface area contributed by atoms with Crippen molar-refractivity contribution >= 4 is 22.8 Å². The lowest BCUT2D eigenvalue weighted by Gasteiger charge is -2.26. The normalized spacial score (nSPS) is 19.1. The summed E-state index contributed by atoms with van der Waals surface area (Å²) >= 11 is 0. The van der Waals surface area contributed by atoms with Crippen LogP contribution in [0.3, 0.4) is 0 Å². The first kappa shape index (κ1) is 24.2. The first-order valence-corrected chi connectivity index (χ1v) is 12.4. The number of hydrogen-bond donors (Lipinski definition) is 2. The van der Waals surface area contributed by atoms with Gasteiger partial charge in [-0.15, -0.1) is 0 Å². The number of halogens is 1. The predicted molar refractivity (Wildman–Crippen MR) is 134 cm³/mol. The van der Waals surface area contributed by atoms with Crippen LogP contribution in [-0.4, -0.2) is 57.4 Å². The SMILES string of the molecule is CC(=O)N1C[C@@H](NC(=O)c2c(C)[nH]c3c(-c4c(OCC5CC5)ccc(C)c4F)ncnc23)C(C)(C)C1. The zero-order chi connectivity index (χ0) is 25.8. The number of carbonyl (C=O) groups is 2. The van der Waals surface area contributed by atoms with E-state index in [-0.39, 0.29) is 28.8 Å². The van der Waals surface area contributed by atoms with Gasteiger partial charge in [-0.25, -0.2) is 14.4 Å². The monoisotopic (exact) mass is 493 g/mol. The summed E-state index contributed by atoms with van der Waals surface area (Å²) in [5.41, 5.74) is 2.73. The number of rotatable bonds is 6. The first-order valence-electron chi connectivity index (χ1n) is 12.4. The van der Waals surface area contributed by atoms with Gasteiger partial charge in [-0.05, 0) is 44.2 Å². The van der Waals surface area contributed by atoms with Crippen molar-refractivity contribution in [3.8, 4) is 17.0 Å². The Labute approximate surface area is 209 Å². The fourth-order valence-electron chi connectivity index (χ4n) is 4.93. The van der Waals surface area contributed by atoms with Gasteiger partial charge in [-0.3, -0.25) is 9.59 Å². The van der Waals surface area contributed by atoms with Gasteiger partial charge in [0.05, 0.1) is 29.3 Å². The van der Waals surface area contributed by atoms with Crippen LogP contribution in [0.1, 0.15) is 55.2 Å². The highest BCUT2D eigenvalue weighted by atomic mass is 19.1. The van der Waals surface area contributed by atoms with Crippen molar-refractivity contribution in [1.29, 1.82) is 0 Å².